The summed E-state index contributed by atoms with van der Waals surface area (Å²) in [5, 5.41) is 8.91. The molecule has 0 saturated heterocycles. The molecule has 0 aliphatic heterocycles. The first kappa shape index (κ1) is 16.3. The van der Waals surface area contributed by atoms with Crippen LogP contribution in [-0.4, -0.2) is 6.61 Å². The Hall–Kier alpha value is -0.720. The number of hydrogen-bond acceptors (Lipinski definition) is 2. The van der Waals surface area contributed by atoms with Crippen LogP contribution in [0, 0.1) is 16.7 Å². The number of ether oxygens (including phenoxy) is 1. The third-order valence-electron chi connectivity index (χ3n) is 2.93. The highest BCUT2D eigenvalue weighted by atomic mass is 79.9. The van der Waals surface area contributed by atoms with Crippen LogP contribution in [0.3, 0.4) is 0 Å². The van der Waals surface area contributed by atoms with Crippen molar-refractivity contribution in [2.24, 2.45) is 5.41 Å². The molecule has 0 amide bonds. The molecule has 4 heteroatoms. The van der Waals surface area contributed by atoms with Crippen molar-refractivity contribution in [2.75, 3.05) is 6.61 Å². The van der Waals surface area contributed by atoms with Crippen LogP contribution in [0.2, 0.25) is 0 Å². The van der Waals surface area contributed by atoms with E-state index < -0.39 is 0 Å². The van der Waals surface area contributed by atoms with Crippen LogP contribution in [-0.2, 0) is 5.88 Å². The van der Waals surface area contributed by atoms with Gasteiger partial charge in [0.2, 0.25) is 0 Å². The molecule has 0 aromatic heterocycles. The molecule has 104 valence electrons. The number of hydrogen-bond donors (Lipinski definition) is 0. The predicted octanol–water partition coefficient (Wildman–Crippen LogP) is 5.29. The van der Waals surface area contributed by atoms with Crippen molar-refractivity contribution in [2.45, 2.75) is 39.0 Å². The maximum atomic E-state index is 8.91. The molecule has 19 heavy (non-hydrogen) atoms. The van der Waals surface area contributed by atoms with E-state index in [0.29, 0.717) is 12.5 Å². The van der Waals surface area contributed by atoms with E-state index in [1.165, 1.54) is 0 Å². The summed E-state index contributed by atoms with van der Waals surface area (Å²) in [5.74, 6) is 1.31. The number of alkyl halides is 1. The highest BCUT2D eigenvalue weighted by Gasteiger charge is 2.15. The molecular weight excluding hydrogens is 326 g/mol. The van der Waals surface area contributed by atoms with Crippen molar-refractivity contribution in [1.82, 2.24) is 0 Å². The average molecular weight is 345 g/mol. The van der Waals surface area contributed by atoms with E-state index in [0.717, 1.165) is 35.0 Å². The van der Waals surface area contributed by atoms with E-state index in [1.807, 2.05) is 32.0 Å². The Morgan fingerprint density at radius 3 is 2.74 bits per heavy atom. The van der Waals surface area contributed by atoms with Crippen LogP contribution < -0.4 is 4.74 Å². The predicted molar refractivity (Wildman–Crippen MR) is 82.4 cm³/mol. The number of nitriles is 1. The number of nitrogens with zero attached hydrogens (tertiary/aromatic N) is 1. The minimum Gasteiger partial charge on any atom is -0.494 e. The Morgan fingerprint density at radius 1 is 1.37 bits per heavy atom. The molecule has 0 bridgehead atoms. The van der Waals surface area contributed by atoms with Crippen LogP contribution in [0.4, 0.5) is 0 Å². The molecule has 1 aromatic carbocycles. The Labute approximate surface area is 128 Å². The summed E-state index contributed by atoms with van der Waals surface area (Å²) < 4.78 is 6.69. The molecule has 0 aliphatic carbocycles. The van der Waals surface area contributed by atoms with E-state index in [-0.39, 0.29) is 5.41 Å². The van der Waals surface area contributed by atoms with Crippen LogP contribution in [0.1, 0.15) is 38.7 Å². The maximum absolute atomic E-state index is 8.91. The van der Waals surface area contributed by atoms with Gasteiger partial charge in [0.05, 0.1) is 18.1 Å². The van der Waals surface area contributed by atoms with Gasteiger partial charge in [0.25, 0.3) is 0 Å². The number of halogens is 2. The molecule has 0 N–H and O–H groups in total. The highest BCUT2D eigenvalue weighted by Crippen LogP contribution is 2.25. The van der Waals surface area contributed by atoms with E-state index in [1.54, 1.807) is 0 Å². The highest BCUT2D eigenvalue weighted by molar-refractivity contribution is 9.10. The summed E-state index contributed by atoms with van der Waals surface area (Å²) in [5.41, 5.74) is 0.799. The van der Waals surface area contributed by atoms with Crippen LogP contribution in [0.15, 0.2) is 22.7 Å². The first-order valence-electron chi connectivity index (χ1n) is 6.37. The third-order valence-corrected chi connectivity index (χ3v) is 3.99. The lowest BCUT2D eigenvalue weighted by Gasteiger charge is -2.14. The Kier molecular flexibility index (Phi) is 6.68. The summed E-state index contributed by atoms with van der Waals surface area (Å²) in [7, 11) is 0. The Balaban J connectivity index is 2.32. The lowest BCUT2D eigenvalue weighted by molar-refractivity contribution is 0.294. The molecule has 1 aromatic rings. The van der Waals surface area contributed by atoms with Gasteiger partial charge >= 0.3 is 0 Å². The van der Waals surface area contributed by atoms with Crippen molar-refractivity contribution in [3.63, 3.8) is 0 Å². The van der Waals surface area contributed by atoms with E-state index in [2.05, 4.69) is 22.0 Å². The number of rotatable bonds is 7. The fourth-order valence-corrected chi connectivity index (χ4v) is 2.43. The molecule has 0 spiro atoms. The Morgan fingerprint density at radius 2 is 2.11 bits per heavy atom. The first-order valence-corrected chi connectivity index (χ1v) is 7.70. The monoisotopic (exact) mass is 343 g/mol. The van der Waals surface area contributed by atoms with Gasteiger partial charge in [-0.05, 0) is 56.9 Å². The summed E-state index contributed by atoms with van der Waals surface area (Å²) in [6.07, 6.45) is 2.86. The SMILES string of the molecule is CC(C)(C#N)CCCCOc1ccc(Br)c(CCl)c1. The van der Waals surface area contributed by atoms with Gasteiger partial charge in [0.15, 0.2) is 0 Å². The molecule has 0 atom stereocenters. The molecule has 0 fully saturated rings. The molecule has 0 aliphatic rings. The largest absolute Gasteiger partial charge is 0.494 e. The molecule has 0 saturated carbocycles. The second kappa shape index (κ2) is 7.77. The van der Waals surface area contributed by atoms with Crippen molar-refractivity contribution < 1.29 is 4.74 Å². The van der Waals surface area contributed by atoms with Crippen molar-refractivity contribution >= 4 is 27.5 Å². The smallest absolute Gasteiger partial charge is 0.119 e. The lowest BCUT2D eigenvalue weighted by atomic mass is 9.89. The van der Waals surface area contributed by atoms with Gasteiger partial charge in [0, 0.05) is 10.4 Å². The van der Waals surface area contributed by atoms with Gasteiger partial charge in [-0.1, -0.05) is 15.9 Å². The lowest BCUT2D eigenvalue weighted by Crippen LogP contribution is -2.08. The average Bonchev–Trinajstić information content (AvgIpc) is 2.40. The van der Waals surface area contributed by atoms with Crippen LogP contribution >= 0.6 is 27.5 Å². The fraction of sp³-hybridized carbons (Fsp3) is 0.533. The summed E-state index contributed by atoms with van der Waals surface area (Å²) >= 11 is 9.28. The Bertz CT molecular complexity index is 454. The second-order valence-corrected chi connectivity index (χ2v) is 6.31. The van der Waals surface area contributed by atoms with Gasteiger partial charge in [-0.15, -0.1) is 11.6 Å². The quantitative estimate of drug-likeness (QED) is 0.497. The van der Waals surface area contributed by atoms with E-state index >= 15 is 0 Å². The molecule has 2 nitrogen and oxygen atoms in total. The number of benzene rings is 1. The molecule has 0 unspecified atom stereocenters. The summed E-state index contributed by atoms with van der Waals surface area (Å²) in [4.78, 5) is 0. The fourth-order valence-electron chi connectivity index (χ4n) is 1.66. The minimum atomic E-state index is -0.233. The third kappa shape index (κ3) is 5.84. The summed E-state index contributed by atoms with van der Waals surface area (Å²) in [6.45, 7) is 4.61. The maximum Gasteiger partial charge on any atom is 0.119 e. The van der Waals surface area contributed by atoms with Crippen molar-refractivity contribution in [3.05, 3.63) is 28.2 Å². The number of unbranched alkanes of at least 4 members (excludes halogenated alkanes) is 1. The zero-order chi connectivity index (χ0) is 14.3. The normalized spacial score (nSPS) is 11.1. The van der Waals surface area contributed by atoms with Gasteiger partial charge < -0.3 is 4.74 Å². The van der Waals surface area contributed by atoms with Crippen molar-refractivity contribution in [3.8, 4) is 11.8 Å². The van der Waals surface area contributed by atoms with Crippen molar-refractivity contribution in [1.29, 1.82) is 5.26 Å². The standard InChI is InChI=1S/C15H19BrClNO/c1-15(2,11-18)7-3-4-8-19-13-5-6-14(16)12(9-13)10-17/h5-6,9H,3-4,7-8,10H2,1-2H3. The van der Waals surface area contributed by atoms with E-state index in [4.69, 9.17) is 21.6 Å². The van der Waals surface area contributed by atoms with Gasteiger partial charge in [-0.3, -0.25) is 0 Å². The molecule has 1 rings (SSSR count). The van der Waals surface area contributed by atoms with Crippen LogP contribution in [0.5, 0.6) is 5.75 Å². The van der Waals surface area contributed by atoms with Crippen LogP contribution in [0.25, 0.3) is 0 Å². The van der Waals surface area contributed by atoms with E-state index in [9.17, 15) is 0 Å². The van der Waals surface area contributed by atoms with Gasteiger partial charge in [0.1, 0.15) is 5.75 Å². The first-order chi connectivity index (χ1) is 8.98. The topological polar surface area (TPSA) is 33.0 Å². The molecule has 0 radical (unpaired) electrons. The zero-order valence-electron chi connectivity index (χ0n) is 11.4. The molecular formula is C15H19BrClNO. The van der Waals surface area contributed by atoms with Gasteiger partial charge in [-0.25, -0.2) is 0 Å². The van der Waals surface area contributed by atoms with Gasteiger partial charge in [-0.2, -0.15) is 5.26 Å². The second-order valence-electron chi connectivity index (χ2n) is 5.19. The summed E-state index contributed by atoms with van der Waals surface area (Å²) in [6, 6.07) is 8.15. The minimum absolute atomic E-state index is 0.233. The molecule has 0 heterocycles. The zero-order valence-corrected chi connectivity index (χ0v) is 13.7.